The summed E-state index contributed by atoms with van der Waals surface area (Å²) in [5.41, 5.74) is 0.382. The topological polar surface area (TPSA) is 0 Å². The average Bonchev–Trinajstić information content (AvgIpc) is 2.63. The summed E-state index contributed by atoms with van der Waals surface area (Å²) >= 11 is 0. The zero-order valence-corrected chi connectivity index (χ0v) is 11.0. The second kappa shape index (κ2) is 3.73. The van der Waals surface area contributed by atoms with Crippen molar-refractivity contribution in [1.29, 1.82) is 0 Å². The Balaban J connectivity index is 2.03. The van der Waals surface area contributed by atoms with Gasteiger partial charge in [0.05, 0.1) is 0 Å². The van der Waals surface area contributed by atoms with E-state index in [1.807, 2.05) is 0 Å². The third-order valence-corrected chi connectivity index (χ3v) is 4.72. The maximum atomic E-state index is 2.45. The van der Waals surface area contributed by atoms with E-state index >= 15 is 0 Å². The number of rotatable bonds is 0. The number of hydrogen-bond acceptors (Lipinski definition) is 0. The molecule has 0 aromatic rings. The van der Waals surface area contributed by atoms with Gasteiger partial charge in [-0.1, -0.05) is 69.4 Å². The molecular formula is C17H22. The van der Waals surface area contributed by atoms with Gasteiger partial charge in [0.1, 0.15) is 0 Å². The minimum Gasteiger partial charge on any atom is -0.0805 e. The van der Waals surface area contributed by atoms with Crippen LogP contribution in [0.3, 0.4) is 0 Å². The summed E-state index contributed by atoms with van der Waals surface area (Å²) in [4.78, 5) is 0. The van der Waals surface area contributed by atoms with Crippen LogP contribution in [-0.4, -0.2) is 0 Å². The smallest absolute Gasteiger partial charge is 0.00954 e. The Morgan fingerprint density at radius 3 is 1.29 bits per heavy atom. The lowest BCUT2D eigenvalue weighted by atomic mass is 9.69. The van der Waals surface area contributed by atoms with Gasteiger partial charge in [0.15, 0.2) is 0 Å². The first-order valence-electron chi connectivity index (χ1n) is 6.79. The SMILES string of the molecule is CC(C)(C)C1C2C=CC=CC2C2C=CC=CC21. The molecule has 0 bridgehead atoms. The molecule has 1 fully saturated rings. The van der Waals surface area contributed by atoms with Crippen molar-refractivity contribution in [2.24, 2.45) is 35.0 Å². The van der Waals surface area contributed by atoms with Gasteiger partial charge in [-0.25, -0.2) is 0 Å². The van der Waals surface area contributed by atoms with Crippen molar-refractivity contribution < 1.29 is 0 Å². The first-order valence-corrected chi connectivity index (χ1v) is 6.79. The van der Waals surface area contributed by atoms with Gasteiger partial charge in [0.25, 0.3) is 0 Å². The molecule has 3 aliphatic rings. The van der Waals surface area contributed by atoms with E-state index in [4.69, 9.17) is 0 Å². The average molecular weight is 226 g/mol. The summed E-state index contributed by atoms with van der Waals surface area (Å²) in [5, 5.41) is 0. The molecule has 0 nitrogen and oxygen atoms in total. The maximum Gasteiger partial charge on any atom is -0.00954 e. The fraction of sp³-hybridized carbons (Fsp3) is 0.529. The number of fused-ring (bicyclic) bond motifs is 3. The molecule has 0 N–H and O–H groups in total. The van der Waals surface area contributed by atoms with Crippen LogP contribution in [0.1, 0.15) is 20.8 Å². The molecule has 0 aromatic heterocycles. The summed E-state index contributed by atoms with van der Waals surface area (Å²) in [6.45, 7) is 7.19. The molecule has 1 saturated carbocycles. The van der Waals surface area contributed by atoms with Gasteiger partial charge in [0.2, 0.25) is 0 Å². The highest BCUT2D eigenvalue weighted by Crippen LogP contribution is 2.56. The lowest BCUT2D eigenvalue weighted by molar-refractivity contribution is 0.170. The van der Waals surface area contributed by atoms with E-state index in [1.165, 1.54) is 0 Å². The maximum absolute atomic E-state index is 2.45. The fourth-order valence-electron chi connectivity index (χ4n) is 4.18. The normalized spacial score (nSPS) is 42.6. The van der Waals surface area contributed by atoms with Gasteiger partial charge in [-0.05, 0) is 35.0 Å². The summed E-state index contributed by atoms with van der Waals surface area (Å²) < 4.78 is 0. The van der Waals surface area contributed by atoms with Crippen molar-refractivity contribution in [2.45, 2.75) is 20.8 Å². The molecule has 4 atom stereocenters. The largest absolute Gasteiger partial charge is 0.0805 e. The van der Waals surface area contributed by atoms with Crippen LogP contribution in [0.15, 0.2) is 48.6 Å². The quantitative estimate of drug-likeness (QED) is 0.575. The Morgan fingerprint density at radius 2 is 0.941 bits per heavy atom. The second-order valence-corrected chi connectivity index (χ2v) is 6.74. The van der Waals surface area contributed by atoms with Crippen molar-refractivity contribution >= 4 is 0 Å². The van der Waals surface area contributed by atoms with E-state index in [0.717, 1.165) is 29.6 Å². The molecule has 3 aliphatic carbocycles. The third kappa shape index (κ3) is 1.66. The fourth-order valence-corrected chi connectivity index (χ4v) is 4.18. The van der Waals surface area contributed by atoms with Crippen molar-refractivity contribution in [3.8, 4) is 0 Å². The molecule has 17 heavy (non-hydrogen) atoms. The highest BCUT2D eigenvalue weighted by molar-refractivity contribution is 5.29. The van der Waals surface area contributed by atoms with Crippen molar-refractivity contribution in [3.05, 3.63) is 48.6 Å². The molecule has 0 aromatic carbocycles. The minimum absolute atomic E-state index is 0.382. The first-order chi connectivity index (χ1) is 8.09. The third-order valence-electron chi connectivity index (χ3n) is 4.72. The second-order valence-electron chi connectivity index (χ2n) is 6.74. The molecule has 0 heterocycles. The molecule has 0 radical (unpaired) electrons. The molecule has 0 saturated heterocycles. The highest BCUT2D eigenvalue weighted by Gasteiger charge is 2.50. The summed E-state index contributed by atoms with van der Waals surface area (Å²) in [7, 11) is 0. The molecule has 0 heteroatoms. The van der Waals surface area contributed by atoms with E-state index in [9.17, 15) is 0 Å². The van der Waals surface area contributed by atoms with E-state index in [2.05, 4.69) is 69.4 Å². The Hall–Kier alpha value is -1.04. The van der Waals surface area contributed by atoms with E-state index < -0.39 is 0 Å². The van der Waals surface area contributed by atoms with Crippen molar-refractivity contribution in [2.75, 3.05) is 0 Å². The highest BCUT2D eigenvalue weighted by atomic mass is 14.5. The number of allylic oxidation sites excluding steroid dienone is 8. The van der Waals surface area contributed by atoms with Gasteiger partial charge >= 0.3 is 0 Å². The Bertz CT molecular complexity index is 380. The molecule has 0 aliphatic heterocycles. The van der Waals surface area contributed by atoms with Crippen molar-refractivity contribution in [3.63, 3.8) is 0 Å². The summed E-state index contributed by atoms with van der Waals surface area (Å²) in [6, 6.07) is 0. The van der Waals surface area contributed by atoms with Crippen LogP contribution in [-0.2, 0) is 0 Å². The van der Waals surface area contributed by atoms with Gasteiger partial charge in [-0.2, -0.15) is 0 Å². The van der Waals surface area contributed by atoms with Crippen LogP contribution >= 0.6 is 0 Å². The van der Waals surface area contributed by atoms with Gasteiger partial charge < -0.3 is 0 Å². The lowest BCUT2D eigenvalue weighted by Crippen LogP contribution is -2.29. The molecule has 4 unspecified atom stereocenters. The molecule has 0 spiro atoms. The lowest BCUT2D eigenvalue weighted by Gasteiger charge is -2.36. The Kier molecular flexibility index (Phi) is 2.43. The van der Waals surface area contributed by atoms with Crippen LogP contribution in [0.25, 0.3) is 0 Å². The molecule has 3 rings (SSSR count). The van der Waals surface area contributed by atoms with Crippen LogP contribution in [0.4, 0.5) is 0 Å². The predicted octanol–water partition coefficient (Wildman–Crippen LogP) is 4.38. The monoisotopic (exact) mass is 226 g/mol. The Morgan fingerprint density at radius 1 is 0.588 bits per heavy atom. The van der Waals surface area contributed by atoms with E-state index in [-0.39, 0.29) is 0 Å². The van der Waals surface area contributed by atoms with Crippen molar-refractivity contribution in [1.82, 2.24) is 0 Å². The van der Waals surface area contributed by atoms with E-state index in [1.54, 1.807) is 0 Å². The van der Waals surface area contributed by atoms with Crippen LogP contribution in [0.5, 0.6) is 0 Å². The Labute approximate surface area is 105 Å². The summed E-state index contributed by atoms with van der Waals surface area (Å²) in [5.74, 6) is 3.65. The van der Waals surface area contributed by atoms with E-state index in [0.29, 0.717) is 5.41 Å². The standard InChI is InChI=1S/C17H22/c1-17(2,3)16-14-10-6-4-8-12(14)13-9-5-7-11-15(13)16/h4-16H,1-3H3. The van der Waals surface area contributed by atoms with Crippen LogP contribution < -0.4 is 0 Å². The first kappa shape index (κ1) is 11.1. The zero-order chi connectivity index (χ0) is 12.0. The number of hydrogen-bond donors (Lipinski definition) is 0. The molecule has 0 amide bonds. The zero-order valence-electron chi connectivity index (χ0n) is 11.0. The van der Waals surface area contributed by atoms with Gasteiger partial charge in [-0.3, -0.25) is 0 Å². The molecular weight excluding hydrogens is 204 g/mol. The minimum atomic E-state index is 0.382. The predicted molar refractivity (Wildman–Crippen MR) is 73.5 cm³/mol. The van der Waals surface area contributed by atoms with Gasteiger partial charge in [0, 0.05) is 0 Å². The summed E-state index contributed by atoms with van der Waals surface area (Å²) in [6.07, 6.45) is 18.7. The van der Waals surface area contributed by atoms with Crippen LogP contribution in [0, 0.1) is 35.0 Å². The van der Waals surface area contributed by atoms with Gasteiger partial charge in [-0.15, -0.1) is 0 Å². The molecule has 90 valence electrons. The van der Waals surface area contributed by atoms with Crippen LogP contribution in [0.2, 0.25) is 0 Å².